The number of hydrogen-bond acceptors (Lipinski definition) is 3. The molecule has 1 atom stereocenters. The van der Waals surface area contributed by atoms with E-state index in [4.69, 9.17) is 9.84 Å². The lowest BCUT2D eigenvalue weighted by molar-refractivity contribution is -0.145. The van der Waals surface area contributed by atoms with Crippen LogP contribution in [0.1, 0.15) is 19.3 Å². The number of benzene rings is 1. The Morgan fingerprint density at radius 2 is 2.17 bits per heavy atom. The number of carbonyl (C=O) groups excluding carboxylic acids is 1. The lowest BCUT2D eigenvalue weighted by Crippen LogP contribution is -2.42. The van der Waals surface area contributed by atoms with E-state index in [9.17, 15) is 9.59 Å². The number of aliphatic carboxylic acids is 1. The number of amides is 1. The number of carboxylic acids is 1. The minimum Gasteiger partial charge on any atom is -0.496 e. The SMILES string of the molecule is COc1cccc2c1ccn2CCC(=O)N1CCC[C@@H](C(=O)O)C1. The number of aromatic nitrogens is 1. The normalized spacial score (nSPS) is 17.9. The molecule has 1 aromatic heterocycles. The zero-order valence-electron chi connectivity index (χ0n) is 13.8. The fourth-order valence-electron chi connectivity index (χ4n) is 3.35. The summed E-state index contributed by atoms with van der Waals surface area (Å²) >= 11 is 0. The molecule has 2 aromatic rings. The number of nitrogens with zero attached hydrogens (tertiary/aromatic N) is 2. The van der Waals surface area contributed by atoms with Gasteiger partial charge in [0.1, 0.15) is 5.75 Å². The molecule has 0 unspecified atom stereocenters. The zero-order chi connectivity index (χ0) is 17.1. The van der Waals surface area contributed by atoms with Crippen LogP contribution in [0.2, 0.25) is 0 Å². The van der Waals surface area contributed by atoms with Crippen molar-refractivity contribution in [3.05, 3.63) is 30.5 Å². The van der Waals surface area contributed by atoms with E-state index in [1.807, 2.05) is 35.0 Å². The second-order valence-corrected chi connectivity index (χ2v) is 6.17. The molecule has 1 fully saturated rings. The zero-order valence-corrected chi connectivity index (χ0v) is 13.8. The molecule has 6 nitrogen and oxygen atoms in total. The van der Waals surface area contributed by atoms with E-state index in [1.165, 1.54) is 0 Å². The minimum atomic E-state index is -0.809. The summed E-state index contributed by atoms with van der Waals surface area (Å²) in [5, 5.41) is 10.2. The molecule has 1 aliphatic rings. The Balaban J connectivity index is 1.65. The first-order valence-electron chi connectivity index (χ1n) is 8.22. The first kappa shape index (κ1) is 16.4. The minimum absolute atomic E-state index is 0.0192. The highest BCUT2D eigenvalue weighted by molar-refractivity contribution is 5.86. The summed E-state index contributed by atoms with van der Waals surface area (Å²) in [7, 11) is 1.64. The van der Waals surface area contributed by atoms with Crippen LogP contribution in [0, 0.1) is 5.92 Å². The molecule has 0 radical (unpaired) electrons. The standard InChI is InChI=1S/C18H22N2O4/c1-24-16-6-2-5-15-14(16)7-10-19(15)11-8-17(21)20-9-3-4-13(12-20)18(22)23/h2,5-7,10,13H,3-4,8-9,11-12H2,1H3,(H,22,23)/t13-/m1/s1. The summed E-state index contributed by atoms with van der Waals surface area (Å²) in [6, 6.07) is 7.84. The maximum atomic E-state index is 12.4. The summed E-state index contributed by atoms with van der Waals surface area (Å²) in [6.07, 6.45) is 3.73. The van der Waals surface area contributed by atoms with Crippen molar-refractivity contribution >= 4 is 22.8 Å². The lowest BCUT2D eigenvalue weighted by atomic mass is 9.98. The number of carbonyl (C=O) groups is 2. The monoisotopic (exact) mass is 330 g/mol. The molecule has 1 amide bonds. The third-order valence-corrected chi connectivity index (χ3v) is 4.68. The van der Waals surface area contributed by atoms with Crippen molar-refractivity contribution in [2.45, 2.75) is 25.8 Å². The first-order chi connectivity index (χ1) is 11.6. The molecule has 1 saturated heterocycles. The van der Waals surface area contributed by atoms with Crippen molar-refractivity contribution in [1.29, 1.82) is 0 Å². The number of likely N-dealkylation sites (tertiary alicyclic amines) is 1. The highest BCUT2D eigenvalue weighted by Gasteiger charge is 2.27. The smallest absolute Gasteiger partial charge is 0.308 e. The van der Waals surface area contributed by atoms with Crippen LogP contribution >= 0.6 is 0 Å². The van der Waals surface area contributed by atoms with Crippen molar-refractivity contribution in [3.63, 3.8) is 0 Å². The molecule has 0 saturated carbocycles. The molecule has 1 aromatic carbocycles. The van der Waals surface area contributed by atoms with Crippen LogP contribution in [0.15, 0.2) is 30.5 Å². The Morgan fingerprint density at radius 3 is 2.92 bits per heavy atom. The molecule has 0 aliphatic carbocycles. The Bertz CT molecular complexity index is 753. The van der Waals surface area contributed by atoms with Crippen molar-refractivity contribution in [1.82, 2.24) is 9.47 Å². The molecule has 128 valence electrons. The van der Waals surface area contributed by atoms with Gasteiger partial charge in [-0.3, -0.25) is 9.59 Å². The van der Waals surface area contributed by atoms with Gasteiger partial charge in [-0.25, -0.2) is 0 Å². The first-order valence-corrected chi connectivity index (χ1v) is 8.22. The topological polar surface area (TPSA) is 71.8 Å². The van der Waals surface area contributed by atoms with Crippen molar-refractivity contribution in [2.75, 3.05) is 20.2 Å². The Hall–Kier alpha value is -2.50. The van der Waals surface area contributed by atoms with Crippen LogP contribution in [0.4, 0.5) is 0 Å². The number of piperidine rings is 1. The highest BCUT2D eigenvalue weighted by atomic mass is 16.5. The van der Waals surface area contributed by atoms with Gasteiger partial charge in [0.15, 0.2) is 0 Å². The van der Waals surface area contributed by atoms with Gasteiger partial charge in [0, 0.05) is 37.6 Å². The fraction of sp³-hybridized carbons (Fsp3) is 0.444. The molecule has 1 aliphatic heterocycles. The van der Waals surface area contributed by atoms with Crippen molar-refractivity contribution in [2.24, 2.45) is 5.92 Å². The van der Waals surface area contributed by atoms with Crippen LogP contribution in [0.3, 0.4) is 0 Å². The van der Waals surface area contributed by atoms with Gasteiger partial charge in [-0.1, -0.05) is 6.07 Å². The summed E-state index contributed by atoms with van der Waals surface area (Å²) < 4.78 is 7.39. The molecular formula is C18H22N2O4. The van der Waals surface area contributed by atoms with Gasteiger partial charge in [-0.15, -0.1) is 0 Å². The Labute approximate surface area is 140 Å². The van der Waals surface area contributed by atoms with E-state index in [-0.39, 0.29) is 5.91 Å². The van der Waals surface area contributed by atoms with Crippen molar-refractivity contribution < 1.29 is 19.4 Å². The van der Waals surface area contributed by atoms with Crippen molar-refractivity contribution in [3.8, 4) is 5.75 Å². The van der Waals surface area contributed by atoms with Gasteiger partial charge in [0.25, 0.3) is 0 Å². The molecule has 1 N–H and O–H groups in total. The molecular weight excluding hydrogens is 308 g/mol. The lowest BCUT2D eigenvalue weighted by Gasteiger charge is -2.30. The van der Waals surface area contributed by atoms with E-state index in [1.54, 1.807) is 12.0 Å². The van der Waals surface area contributed by atoms with E-state index in [2.05, 4.69) is 0 Å². The average Bonchev–Trinajstić information content (AvgIpc) is 3.03. The highest BCUT2D eigenvalue weighted by Crippen LogP contribution is 2.26. The number of carboxylic acid groups (broad SMARTS) is 1. The molecule has 0 bridgehead atoms. The summed E-state index contributed by atoms with van der Waals surface area (Å²) in [4.78, 5) is 25.2. The summed E-state index contributed by atoms with van der Waals surface area (Å²) in [6.45, 7) is 1.56. The Kier molecular flexibility index (Phi) is 4.74. The molecule has 3 rings (SSSR count). The summed E-state index contributed by atoms with van der Waals surface area (Å²) in [5.41, 5.74) is 1.03. The number of rotatable bonds is 5. The number of hydrogen-bond donors (Lipinski definition) is 1. The van der Waals surface area contributed by atoms with Gasteiger partial charge in [-0.2, -0.15) is 0 Å². The van der Waals surface area contributed by atoms with Gasteiger partial charge in [0.05, 0.1) is 18.5 Å². The van der Waals surface area contributed by atoms with Crippen LogP contribution < -0.4 is 4.74 Å². The summed E-state index contributed by atoms with van der Waals surface area (Å²) in [5.74, 6) is -0.404. The third kappa shape index (κ3) is 3.22. The van der Waals surface area contributed by atoms with Crippen LogP contribution in [-0.4, -0.2) is 46.6 Å². The van der Waals surface area contributed by atoms with Gasteiger partial charge in [-0.05, 0) is 31.0 Å². The second-order valence-electron chi connectivity index (χ2n) is 6.17. The van der Waals surface area contributed by atoms with Gasteiger partial charge < -0.3 is 19.3 Å². The predicted molar refractivity (Wildman–Crippen MR) is 90.0 cm³/mol. The van der Waals surface area contributed by atoms with Crippen LogP contribution in [-0.2, 0) is 16.1 Å². The fourth-order valence-corrected chi connectivity index (χ4v) is 3.35. The second kappa shape index (κ2) is 6.95. The van der Waals surface area contributed by atoms with Crippen LogP contribution in [0.25, 0.3) is 10.9 Å². The van der Waals surface area contributed by atoms with E-state index in [0.717, 1.165) is 23.1 Å². The van der Waals surface area contributed by atoms with E-state index < -0.39 is 11.9 Å². The van der Waals surface area contributed by atoms with E-state index >= 15 is 0 Å². The van der Waals surface area contributed by atoms with Gasteiger partial charge in [0.2, 0.25) is 5.91 Å². The number of methoxy groups -OCH3 is 1. The molecule has 0 spiro atoms. The molecule has 2 heterocycles. The number of ether oxygens (including phenoxy) is 1. The average molecular weight is 330 g/mol. The maximum absolute atomic E-state index is 12.4. The molecule has 6 heteroatoms. The maximum Gasteiger partial charge on any atom is 0.308 e. The quantitative estimate of drug-likeness (QED) is 0.913. The van der Waals surface area contributed by atoms with Gasteiger partial charge >= 0.3 is 5.97 Å². The van der Waals surface area contributed by atoms with E-state index in [0.29, 0.717) is 32.5 Å². The Morgan fingerprint density at radius 1 is 1.33 bits per heavy atom. The number of aryl methyl sites for hydroxylation is 1. The largest absolute Gasteiger partial charge is 0.496 e. The van der Waals surface area contributed by atoms with Crippen LogP contribution in [0.5, 0.6) is 5.75 Å². The third-order valence-electron chi connectivity index (χ3n) is 4.68. The molecule has 24 heavy (non-hydrogen) atoms. The predicted octanol–water partition coefficient (Wildman–Crippen LogP) is 2.36. The number of fused-ring (bicyclic) bond motifs is 1.